The summed E-state index contributed by atoms with van der Waals surface area (Å²) in [5, 5.41) is 10.0. The summed E-state index contributed by atoms with van der Waals surface area (Å²) in [6.45, 7) is 0. The van der Waals surface area contributed by atoms with E-state index in [0.29, 0.717) is 26.9 Å². The Kier molecular flexibility index (Phi) is 4.47. The molecule has 0 aliphatic carbocycles. The SMILES string of the molecule is CSC1=NSC2=NC(=O)/C(=C\c3ccc(-c4ccc(Cl)cc4)o3)C(=N)N12. The van der Waals surface area contributed by atoms with Gasteiger partial charge in [-0.3, -0.25) is 10.2 Å². The van der Waals surface area contributed by atoms with Crippen LogP contribution >= 0.6 is 35.3 Å². The number of halogens is 1. The first-order chi connectivity index (χ1) is 12.6. The van der Waals surface area contributed by atoms with Gasteiger partial charge < -0.3 is 4.42 Å². The maximum absolute atomic E-state index is 12.3. The molecular weight excluding hydrogens is 392 g/mol. The number of rotatable bonds is 2. The quantitative estimate of drug-likeness (QED) is 0.589. The average Bonchev–Trinajstić information content (AvgIpc) is 3.26. The van der Waals surface area contributed by atoms with Crippen molar-refractivity contribution >= 4 is 63.5 Å². The van der Waals surface area contributed by atoms with Gasteiger partial charge in [0.05, 0.1) is 17.5 Å². The lowest BCUT2D eigenvalue weighted by molar-refractivity contribution is -0.114. The van der Waals surface area contributed by atoms with Crippen molar-refractivity contribution in [1.29, 1.82) is 5.41 Å². The first-order valence-electron chi connectivity index (χ1n) is 7.45. The molecule has 0 bridgehead atoms. The Morgan fingerprint density at radius 1 is 1.27 bits per heavy atom. The number of carbonyl (C=O) groups excluding carboxylic acids is 1. The fraction of sp³-hybridized carbons (Fsp3) is 0.0588. The molecule has 0 saturated carbocycles. The third kappa shape index (κ3) is 3.00. The molecule has 3 heterocycles. The molecule has 4 rings (SSSR count). The number of aliphatic imine (C=N–C) groups is 1. The number of fused-ring (bicyclic) bond motifs is 1. The number of hydrogen-bond donors (Lipinski definition) is 1. The second-order valence-electron chi connectivity index (χ2n) is 5.32. The molecule has 0 radical (unpaired) electrons. The minimum absolute atomic E-state index is 0.0440. The second kappa shape index (κ2) is 6.79. The van der Waals surface area contributed by atoms with Gasteiger partial charge in [-0.1, -0.05) is 23.4 Å². The molecule has 0 unspecified atom stereocenters. The van der Waals surface area contributed by atoms with Gasteiger partial charge in [-0.25, -0.2) is 4.90 Å². The molecule has 1 aromatic carbocycles. The van der Waals surface area contributed by atoms with Crippen LogP contribution in [0.3, 0.4) is 0 Å². The largest absolute Gasteiger partial charge is 0.457 e. The van der Waals surface area contributed by atoms with Crippen LogP contribution in [-0.4, -0.2) is 33.2 Å². The van der Waals surface area contributed by atoms with E-state index in [1.54, 1.807) is 23.1 Å². The molecule has 0 fully saturated rings. The smallest absolute Gasteiger partial charge is 0.283 e. The second-order valence-corrected chi connectivity index (χ2v) is 7.26. The summed E-state index contributed by atoms with van der Waals surface area (Å²) in [4.78, 5) is 17.9. The maximum Gasteiger partial charge on any atom is 0.283 e. The van der Waals surface area contributed by atoms with E-state index in [4.69, 9.17) is 21.4 Å². The molecule has 26 heavy (non-hydrogen) atoms. The van der Waals surface area contributed by atoms with Crippen LogP contribution in [-0.2, 0) is 4.79 Å². The van der Waals surface area contributed by atoms with Gasteiger partial charge in [0, 0.05) is 10.6 Å². The van der Waals surface area contributed by atoms with Gasteiger partial charge in [-0.05, 0) is 48.7 Å². The Balaban J connectivity index is 1.66. The predicted octanol–water partition coefficient (Wildman–Crippen LogP) is 4.54. The van der Waals surface area contributed by atoms with Crippen LogP contribution < -0.4 is 0 Å². The Bertz CT molecular complexity index is 1010. The van der Waals surface area contributed by atoms with Crippen LogP contribution in [0, 0.1) is 5.41 Å². The molecule has 2 aliphatic heterocycles. The van der Waals surface area contributed by atoms with Crippen LogP contribution in [0.4, 0.5) is 0 Å². The molecule has 1 N–H and O–H groups in total. The van der Waals surface area contributed by atoms with E-state index in [9.17, 15) is 4.79 Å². The molecule has 0 atom stereocenters. The van der Waals surface area contributed by atoms with Gasteiger partial charge in [-0.2, -0.15) is 9.39 Å². The van der Waals surface area contributed by atoms with Gasteiger partial charge in [-0.15, -0.1) is 0 Å². The minimum atomic E-state index is -0.476. The van der Waals surface area contributed by atoms with E-state index in [1.165, 1.54) is 17.8 Å². The van der Waals surface area contributed by atoms with Crippen LogP contribution in [0.15, 0.2) is 55.8 Å². The lowest BCUT2D eigenvalue weighted by Gasteiger charge is -2.23. The molecule has 1 amide bonds. The van der Waals surface area contributed by atoms with Crippen molar-refractivity contribution in [2.45, 2.75) is 0 Å². The molecule has 9 heteroatoms. The molecule has 6 nitrogen and oxygen atoms in total. The summed E-state index contributed by atoms with van der Waals surface area (Å²) >= 11 is 8.39. The predicted molar refractivity (Wildman–Crippen MR) is 108 cm³/mol. The topological polar surface area (TPSA) is 82.0 Å². The van der Waals surface area contributed by atoms with E-state index in [0.717, 1.165) is 17.5 Å². The number of nitrogens with zero attached hydrogens (tertiary/aromatic N) is 3. The zero-order valence-corrected chi connectivity index (χ0v) is 15.8. The van der Waals surface area contributed by atoms with Crippen molar-refractivity contribution in [3.05, 3.63) is 52.8 Å². The van der Waals surface area contributed by atoms with Crippen molar-refractivity contribution in [1.82, 2.24) is 4.90 Å². The number of hydrogen-bond acceptors (Lipinski definition) is 6. The number of amides is 1. The van der Waals surface area contributed by atoms with Crippen molar-refractivity contribution in [3.8, 4) is 11.3 Å². The molecular formula is C17H11ClN4O2S2. The van der Waals surface area contributed by atoms with E-state index in [2.05, 4.69) is 9.39 Å². The monoisotopic (exact) mass is 402 g/mol. The third-order valence-electron chi connectivity index (χ3n) is 3.72. The molecule has 2 aliphatic rings. The van der Waals surface area contributed by atoms with Crippen LogP contribution in [0.25, 0.3) is 17.4 Å². The highest BCUT2D eigenvalue weighted by Gasteiger charge is 2.37. The first kappa shape index (κ1) is 17.1. The van der Waals surface area contributed by atoms with Crippen LogP contribution in [0.2, 0.25) is 5.02 Å². The van der Waals surface area contributed by atoms with Crippen molar-refractivity contribution in [3.63, 3.8) is 0 Å². The fourth-order valence-corrected chi connectivity index (χ4v) is 4.05. The van der Waals surface area contributed by atoms with Crippen LogP contribution in [0.5, 0.6) is 0 Å². The molecule has 1 aromatic heterocycles. The molecule has 0 spiro atoms. The number of furan rings is 1. The summed E-state index contributed by atoms with van der Waals surface area (Å²) in [5.74, 6) is 0.685. The summed E-state index contributed by atoms with van der Waals surface area (Å²) in [6, 6.07) is 10.8. The Labute approximate surface area is 162 Å². The highest BCUT2D eigenvalue weighted by atomic mass is 35.5. The van der Waals surface area contributed by atoms with E-state index in [-0.39, 0.29) is 11.4 Å². The van der Waals surface area contributed by atoms with Gasteiger partial charge in [0.1, 0.15) is 17.4 Å². The van der Waals surface area contributed by atoms with E-state index in [1.807, 2.05) is 24.5 Å². The number of carbonyl (C=O) groups is 1. The summed E-state index contributed by atoms with van der Waals surface area (Å²) in [6.07, 6.45) is 3.39. The molecule has 2 aromatic rings. The van der Waals surface area contributed by atoms with Gasteiger partial charge in [0.2, 0.25) is 5.17 Å². The number of thioether (sulfide) groups is 1. The van der Waals surface area contributed by atoms with Crippen molar-refractivity contribution < 1.29 is 9.21 Å². The summed E-state index contributed by atoms with van der Waals surface area (Å²) in [5.41, 5.74) is 1.03. The Morgan fingerprint density at radius 2 is 2.04 bits per heavy atom. The summed E-state index contributed by atoms with van der Waals surface area (Å²) < 4.78 is 10.0. The average molecular weight is 403 g/mol. The van der Waals surface area contributed by atoms with Gasteiger partial charge in [0.15, 0.2) is 5.17 Å². The third-order valence-corrected chi connectivity index (χ3v) is 5.43. The van der Waals surface area contributed by atoms with E-state index >= 15 is 0 Å². The highest BCUT2D eigenvalue weighted by Crippen LogP contribution is 2.31. The standard InChI is InChI=1S/C17H11ClN4O2S2/c1-25-17-21-26-16-20-15(23)12(14(19)22(16)17)8-11-6-7-13(24-11)9-2-4-10(18)5-3-9/h2-8,19H,1H3/b12-8-,19-14?. The lowest BCUT2D eigenvalue weighted by atomic mass is 10.1. The number of amidine groups is 3. The van der Waals surface area contributed by atoms with Crippen molar-refractivity contribution in [2.24, 2.45) is 9.39 Å². The maximum atomic E-state index is 12.3. The van der Waals surface area contributed by atoms with Crippen LogP contribution in [0.1, 0.15) is 5.76 Å². The van der Waals surface area contributed by atoms with Gasteiger partial charge >= 0.3 is 0 Å². The normalized spacial score (nSPS) is 18.2. The highest BCUT2D eigenvalue weighted by molar-refractivity contribution is 8.18. The number of nitrogens with one attached hydrogen (secondary N) is 1. The molecule has 0 saturated heterocycles. The zero-order valence-electron chi connectivity index (χ0n) is 13.4. The van der Waals surface area contributed by atoms with Crippen molar-refractivity contribution in [2.75, 3.05) is 6.26 Å². The Hall–Kier alpha value is -2.29. The van der Waals surface area contributed by atoms with Gasteiger partial charge in [0.25, 0.3) is 5.91 Å². The molecule has 130 valence electrons. The Morgan fingerprint density at radius 3 is 2.77 bits per heavy atom. The zero-order chi connectivity index (χ0) is 18.3. The van der Waals surface area contributed by atoms with E-state index < -0.39 is 5.91 Å². The minimum Gasteiger partial charge on any atom is -0.457 e. The summed E-state index contributed by atoms with van der Waals surface area (Å²) in [7, 11) is 0. The first-order valence-corrected chi connectivity index (χ1v) is 9.83. The number of benzene rings is 1. The fourth-order valence-electron chi connectivity index (χ4n) is 2.47. The lowest BCUT2D eigenvalue weighted by Crippen LogP contribution is -2.41.